The number of benzene rings is 1. The van der Waals surface area contributed by atoms with Crippen LogP contribution in [0.2, 0.25) is 0 Å². The molecule has 0 radical (unpaired) electrons. The number of tetrazole rings is 1. The highest BCUT2D eigenvalue weighted by atomic mass is 16.5. The zero-order valence-electron chi connectivity index (χ0n) is 20.5. The molecule has 35 heavy (non-hydrogen) atoms. The monoisotopic (exact) mass is 476 g/mol. The molecule has 1 aliphatic rings. The van der Waals surface area contributed by atoms with E-state index in [9.17, 15) is 4.79 Å². The first kappa shape index (κ1) is 23.4. The Morgan fingerprint density at radius 3 is 2.89 bits per heavy atom. The molecule has 1 aliphatic heterocycles. The molecule has 0 saturated carbocycles. The van der Waals surface area contributed by atoms with Crippen LogP contribution in [0.25, 0.3) is 10.9 Å². The molecule has 1 fully saturated rings. The third-order valence-corrected chi connectivity index (χ3v) is 6.77. The topological polar surface area (TPSA) is 102 Å². The quantitative estimate of drug-likeness (QED) is 0.389. The van der Waals surface area contributed by atoms with Crippen LogP contribution >= 0.6 is 0 Å². The van der Waals surface area contributed by atoms with Gasteiger partial charge in [-0.25, -0.2) is 4.68 Å². The van der Waals surface area contributed by atoms with Gasteiger partial charge in [-0.15, -0.1) is 5.10 Å². The molecule has 9 nitrogen and oxygen atoms in total. The second-order valence-electron chi connectivity index (χ2n) is 9.43. The lowest BCUT2D eigenvalue weighted by Crippen LogP contribution is -2.33. The van der Waals surface area contributed by atoms with E-state index in [1.807, 2.05) is 29.8 Å². The van der Waals surface area contributed by atoms with Crippen LogP contribution < -0.4 is 5.56 Å². The maximum absolute atomic E-state index is 13.1. The van der Waals surface area contributed by atoms with Crippen molar-refractivity contribution in [2.45, 2.75) is 71.8 Å². The molecule has 5 rings (SSSR count). The summed E-state index contributed by atoms with van der Waals surface area (Å²) in [5.41, 5.74) is 3.74. The molecule has 4 heterocycles. The van der Waals surface area contributed by atoms with Crippen LogP contribution in [-0.4, -0.2) is 42.8 Å². The SMILES string of the molecule is CCC(c1nnnn1CC1CCCO1)N(Cc1ccco1)Cc1cc2cc(C)cc(C)c2[nH]c1=O. The average Bonchev–Trinajstić information content (AvgIpc) is 3.60. The lowest BCUT2D eigenvalue weighted by Gasteiger charge is -2.29. The summed E-state index contributed by atoms with van der Waals surface area (Å²) in [6.45, 7) is 8.59. The smallest absolute Gasteiger partial charge is 0.252 e. The fourth-order valence-corrected chi connectivity index (χ4v) is 5.11. The maximum atomic E-state index is 13.1. The van der Waals surface area contributed by atoms with Crippen LogP contribution in [0.15, 0.2) is 45.8 Å². The normalized spacial score (nSPS) is 17.0. The Labute approximate surface area is 204 Å². The third-order valence-electron chi connectivity index (χ3n) is 6.77. The predicted octanol–water partition coefficient (Wildman–Crippen LogP) is 4.06. The molecule has 0 amide bonds. The maximum Gasteiger partial charge on any atom is 0.252 e. The van der Waals surface area contributed by atoms with E-state index in [4.69, 9.17) is 9.15 Å². The number of pyridine rings is 1. The van der Waals surface area contributed by atoms with E-state index in [0.717, 1.165) is 53.9 Å². The van der Waals surface area contributed by atoms with Crippen molar-refractivity contribution in [2.24, 2.45) is 0 Å². The highest BCUT2D eigenvalue weighted by Gasteiger charge is 2.28. The highest BCUT2D eigenvalue weighted by Crippen LogP contribution is 2.28. The van der Waals surface area contributed by atoms with Gasteiger partial charge in [0.2, 0.25) is 0 Å². The van der Waals surface area contributed by atoms with Crippen LogP contribution in [0.4, 0.5) is 0 Å². The van der Waals surface area contributed by atoms with Gasteiger partial charge >= 0.3 is 0 Å². The third kappa shape index (κ3) is 5.06. The van der Waals surface area contributed by atoms with E-state index in [-0.39, 0.29) is 17.7 Å². The molecule has 1 saturated heterocycles. The first-order valence-electron chi connectivity index (χ1n) is 12.3. The number of nitrogens with zero attached hydrogens (tertiary/aromatic N) is 5. The van der Waals surface area contributed by atoms with Gasteiger partial charge in [0.05, 0.1) is 37.0 Å². The molecule has 1 N–H and O–H groups in total. The number of rotatable bonds is 9. The van der Waals surface area contributed by atoms with E-state index >= 15 is 0 Å². The number of ether oxygens (including phenoxy) is 1. The molecule has 184 valence electrons. The van der Waals surface area contributed by atoms with Crippen molar-refractivity contribution in [1.82, 2.24) is 30.1 Å². The molecule has 9 heteroatoms. The molecular weight excluding hydrogens is 444 g/mol. The lowest BCUT2D eigenvalue weighted by atomic mass is 10.0. The minimum absolute atomic E-state index is 0.0808. The largest absolute Gasteiger partial charge is 0.468 e. The Bertz CT molecular complexity index is 1340. The number of H-pyrrole nitrogens is 1. The molecule has 3 aromatic heterocycles. The Hall–Kier alpha value is -3.30. The van der Waals surface area contributed by atoms with Gasteiger partial charge < -0.3 is 14.1 Å². The van der Waals surface area contributed by atoms with Crippen LogP contribution in [0.1, 0.15) is 60.5 Å². The van der Waals surface area contributed by atoms with E-state index in [0.29, 0.717) is 25.2 Å². The first-order chi connectivity index (χ1) is 17.0. The van der Waals surface area contributed by atoms with Gasteiger partial charge in [0, 0.05) is 18.7 Å². The minimum atomic E-state index is -0.106. The van der Waals surface area contributed by atoms with E-state index in [1.165, 1.54) is 5.56 Å². The van der Waals surface area contributed by atoms with Crippen LogP contribution in [0.3, 0.4) is 0 Å². The summed E-state index contributed by atoms with van der Waals surface area (Å²) in [5, 5.41) is 13.7. The van der Waals surface area contributed by atoms with E-state index < -0.39 is 0 Å². The average molecular weight is 477 g/mol. The second kappa shape index (κ2) is 10.1. The number of hydrogen-bond acceptors (Lipinski definition) is 7. The van der Waals surface area contributed by atoms with Gasteiger partial charge in [-0.1, -0.05) is 18.6 Å². The number of nitrogens with one attached hydrogen (secondary N) is 1. The molecule has 0 aliphatic carbocycles. The summed E-state index contributed by atoms with van der Waals surface area (Å²) in [7, 11) is 0. The van der Waals surface area contributed by atoms with Gasteiger partial charge in [0.15, 0.2) is 5.82 Å². The number of aromatic nitrogens is 5. The number of aryl methyl sites for hydroxylation is 2. The van der Waals surface area contributed by atoms with Crippen LogP contribution in [0, 0.1) is 13.8 Å². The van der Waals surface area contributed by atoms with Crippen molar-refractivity contribution >= 4 is 10.9 Å². The lowest BCUT2D eigenvalue weighted by molar-refractivity contribution is 0.0882. The van der Waals surface area contributed by atoms with Gasteiger partial charge in [-0.3, -0.25) is 9.69 Å². The molecular formula is C26H32N6O3. The second-order valence-corrected chi connectivity index (χ2v) is 9.43. The number of aromatic amines is 1. The van der Waals surface area contributed by atoms with Gasteiger partial charge in [0.25, 0.3) is 5.56 Å². The Balaban J connectivity index is 1.50. The molecule has 4 aromatic rings. The summed E-state index contributed by atoms with van der Waals surface area (Å²) in [5.74, 6) is 1.60. The summed E-state index contributed by atoms with van der Waals surface area (Å²) in [4.78, 5) is 18.5. The van der Waals surface area contributed by atoms with E-state index in [2.05, 4.69) is 51.4 Å². The van der Waals surface area contributed by atoms with Crippen LogP contribution in [-0.2, 0) is 24.4 Å². The predicted molar refractivity (Wildman–Crippen MR) is 132 cm³/mol. The van der Waals surface area contributed by atoms with Crippen molar-refractivity contribution in [2.75, 3.05) is 6.61 Å². The molecule has 2 atom stereocenters. The number of furan rings is 1. The minimum Gasteiger partial charge on any atom is -0.468 e. The van der Waals surface area contributed by atoms with Gasteiger partial charge in [-0.2, -0.15) is 0 Å². The Kier molecular flexibility index (Phi) is 6.79. The fraction of sp³-hybridized carbons (Fsp3) is 0.462. The summed E-state index contributed by atoms with van der Waals surface area (Å²) >= 11 is 0. The molecule has 2 unspecified atom stereocenters. The molecule has 0 bridgehead atoms. The summed E-state index contributed by atoms with van der Waals surface area (Å²) < 4.78 is 13.4. The highest BCUT2D eigenvalue weighted by molar-refractivity contribution is 5.82. The summed E-state index contributed by atoms with van der Waals surface area (Å²) in [6.07, 6.45) is 4.65. The van der Waals surface area contributed by atoms with Crippen molar-refractivity contribution in [1.29, 1.82) is 0 Å². The first-order valence-corrected chi connectivity index (χ1v) is 12.3. The zero-order chi connectivity index (χ0) is 24.4. The standard InChI is InChI=1S/C26H32N6O3/c1-4-23(25-28-29-30-32(25)16-22-8-6-10-35-22)31(15-21-7-5-9-34-21)14-20-13-19-12-17(2)11-18(3)24(19)27-26(20)33/h5,7,9,11-13,22-23H,4,6,8,10,14-16H2,1-3H3,(H,27,33). The number of fused-ring (bicyclic) bond motifs is 1. The number of hydrogen-bond donors (Lipinski definition) is 1. The molecule has 1 aromatic carbocycles. The van der Waals surface area contributed by atoms with Crippen molar-refractivity contribution in [3.05, 3.63) is 75.2 Å². The van der Waals surface area contributed by atoms with E-state index in [1.54, 1.807) is 6.26 Å². The van der Waals surface area contributed by atoms with Gasteiger partial charge in [-0.05, 0) is 78.8 Å². The Morgan fingerprint density at radius 2 is 2.14 bits per heavy atom. The fourth-order valence-electron chi connectivity index (χ4n) is 5.11. The van der Waals surface area contributed by atoms with Crippen LogP contribution in [0.5, 0.6) is 0 Å². The van der Waals surface area contributed by atoms with Gasteiger partial charge in [0.1, 0.15) is 5.76 Å². The summed E-state index contributed by atoms with van der Waals surface area (Å²) in [6, 6.07) is 9.92. The Morgan fingerprint density at radius 1 is 1.26 bits per heavy atom. The van der Waals surface area contributed by atoms with Crippen molar-refractivity contribution < 1.29 is 9.15 Å². The van der Waals surface area contributed by atoms with Crippen molar-refractivity contribution in [3.63, 3.8) is 0 Å². The van der Waals surface area contributed by atoms with Crippen molar-refractivity contribution in [3.8, 4) is 0 Å². The molecule has 0 spiro atoms. The zero-order valence-corrected chi connectivity index (χ0v) is 20.5.